The number of esters is 1. The van der Waals surface area contributed by atoms with E-state index in [1.165, 1.54) is 0 Å². The molecule has 1 aromatic rings. The fourth-order valence-corrected chi connectivity index (χ4v) is 2.70. The Kier molecular flexibility index (Phi) is 5.61. The lowest BCUT2D eigenvalue weighted by atomic mass is 10.1. The van der Waals surface area contributed by atoms with Crippen molar-refractivity contribution in [2.24, 2.45) is 0 Å². The minimum absolute atomic E-state index is 0.0779. The number of carbonyl (C=O) groups excluding carboxylic acids is 2. The van der Waals surface area contributed by atoms with Crippen molar-refractivity contribution < 1.29 is 19.1 Å². The molecule has 0 amide bonds. The van der Waals surface area contributed by atoms with Crippen molar-refractivity contribution in [3.8, 4) is 0 Å². The van der Waals surface area contributed by atoms with Crippen molar-refractivity contribution in [3.63, 3.8) is 0 Å². The molecule has 4 nitrogen and oxygen atoms in total. The first-order chi connectivity index (χ1) is 9.66. The summed E-state index contributed by atoms with van der Waals surface area (Å²) in [5.74, 6) is -0.308. The Hall–Kier alpha value is -1.33. The summed E-state index contributed by atoms with van der Waals surface area (Å²) in [6, 6.07) is 9.55. The molecule has 2 rings (SSSR count). The van der Waals surface area contributed by atoms with Crippen LogP contribution in [0, 0.1) is 0 Å². The molecular weight excluding hydrogens is 276 g/mol. The van der Waals surface area contributed by atoms with Crippen LogP contribution >= 0.6 is 11.8 Å². The van der Waals surface area contributed by atoms with Gasteiger partial charge in [-0.1, -0.05) is 42.1 Å². The first kappa shape index (κ1) is 15.1. The average Bonchev–Trinajstić information content (AvgIpc) is 3.00. The highest BCUT2D eigenvalue weighted by molar-refractivity contribution is 8.14. The van der Waals surface area contributed by atoms with Gasteiger partial charge in [0.25, 0.3) is 5.12 Å². The summed E-state index contributed by atoms with van der Waals surface area (Å²) in [4.78, 5) is 23.4. The van der Waals surface area contributed by atoms with E-state index in [0.717, 1.165) is 30.2 Å². The molecule has 0 N–H and O–H groups in total. The summed E-state index contributed by atoms with van der Waals surface area (Å²) in [6.07, 6.45) is 1.40. The first-order valence-electron chi connectivity index (χ1n) is 6.70. The van der Waals surface area contributed by atoms with Crippen LogP contribution in [0.2, 0.25) is 0 Å². The van der Waals surface area contributed by atoms with Gasteiger partial charge in [-0.15, -0.1) is 0 Å². The molecule has 20 heavy (non-hydrogen) atoms. The number of hydrogen-bond acceptors (Lipinski definition) is 5. The highest BCUT2D eigenvalue weighted by Crippen LogP contribution is 2.19. The van der Waals surface area contributed by atoms with Gasteiger partial charge in [-0.3, -0.25) is 4.79 Å². The lowest BCUT2D eigenvalue weighted by Crippen LogP contribution is -2.30. The third-order valence-corrected chi connectivity index (χ3v) is 4.07. The van der Waals surface area contributed by atoms with Crippen molar-refractivity contribution in [1.29, 1.82) is 0 Å². The molecule has 0 spiro atoms. The van der Waals surface area contributed by atoms with Crippen LogP contribution in [0.3, 0.4) is 0 Å². The van der Waals surface area contributed by atoms with Crippen molar-refractivity contribution in [3.05, 3.63) is 35.9 Å². The molecule has 1 aromatic carbocycles. The number of carbonyl (C=O) groups is 2. The molecule has 108 valence electrons. The second-order valence-corrected chi connectivity index (χ2v) is 5.67. The molecule has 1 fully saturated rings. The van der Waals surface area contributed by atoms with Gasteiger partial charge in [0.1, 0.15) is 6.10 Å². The maximum atomic E-state index is 11.7. The van der Waals surface area contributed by atoms with Crippen molar-refractivity contribution in [1.82, 2.24) is 0 Å². The quantitative estimate of drug-likeness (QED) is 0.631. The minimum Gasteiger partial charge on any atom is -0.454 e. The van der Waals surface area contributed by atoms with Crippen LogP contribution in [0.5, 0.6) is 0 Å². The zero-order chi connectivity index (χ0) is 14.4. The average molecular weight is 294 g/mol. The molecule has 0 aliphatic carbocycles. The first-order valence-corrected chi connectivity index (χ1v) is 7.68. The molecule has 2 unspecified atom stereocenters. The number of thioether (sulfide) groups is 1. The van der Waals surface area contributed by atoms with Crippen molar-refractivity contribution >= 4 is 22.8 Å². The third-order valence-electron chi connectivity index (χ3n) is 3.16. The van der Waals surface area contributed by atoms with Crippen LogP contribution in [0.1, 0.15) is 25.3 Å². The predicted octanol–water partition coefficient (Wildman–Crippen LogP) is 2.56. The predicted molar refractivity (Wildman–Crippen MR) is 77.3 cm³/mol. The minimum atomic E-state index is -0.783. The summed E-state index contributed by atoms with van der Waals surface area (Å²) in [5, 5.41) is -0.557. The lowest BCUT2D eigenvalue weighted by molar-refractivity contribution is -0.158. The summed E-state index contributed by atoms with van der Waals surface area (Å²) >= 11 is 0.968. The van der Waals surface area contributed by atoms with E-state index in [9.17, 15) is 9.59 Å². The molecule has 1 aliphatic rings. The largest absolute Gasteiger partial charge is 0.454 e. The Bertz CT molecular complexity index is 454. The molecule has 0 aromatic heterocycles. The Balaban J connectivity index is 1.75. The smallest absolute Gasteiger partial charge is 0.386 e. The molecule has 2 atom stereocenters. The SMILES string of the molecule is CC(OC(=O)C(=O)SCc1ccccc1)C1CCCO1. The summed E-state index contributed by atoms with van der Waals surface area (Å²) in [5.41, 5.74) is 1.01. The van der Waals surface area contributed by atoms with Gasteiger partial charge >= 0.3 is 5.97 Å². The summed E-state index contributed by atoms with van der Waals surface area (Å²) < 4.78 is 10.6. The van der Waals surface area contributed by atoms with E-state index < -0.39 is 11.1 Å². The number of ether oxygens (including phenoxy) is 2. The normalized spacial score (nSPS) is 19.6. The van der Waals surface area contributed by atoms with Gasteiger partial charge in [-0.25, -0.2) is 4.79 Å². The zero-order valence-corrected chi connectivity index (χ0v) is 12.2. The maximum absolute atomic E-state index is 11.7. The molecule has 5 heteroatoms. The maximum Gasteiger partial charge on any atom is 0.386 e. The Labute approximate surface area is 122 Å². The molecule has 1 saturated heterocycles. The Morgan fingerprint density at radius 1 is 1.40 bits per heavy atom. The fourth-order valence-electron chi connectivity index (χ4n) is 2.05. The van der Waals surface area contributed by atoms with E-state index in [1.807, 2.05) is 30.3 Å². The number of benzene rings is 1. The number of rotatable bonds is 4. The molecule has 1 heterocycles. The highest BCUT2D eigenvalue weighted by Gasteiger charge is 2.27. The van der Waals surface area contributed by atoms with Crippen LogP contribution in [0.25, 0.3) is 0 Å². The summed E-state index contributed by atoms with van der Waals surface area (Å²) in [7, 11) is 0. The van der Waals surface area contributed by atoms with E-state index in [1.54, 1.807) is 6.92 Å². The van der Waals surface area contributed by atoms with E-state index in [0.29, 0.717) is 12.4 Å². The molecular formula is C15H18O4S. The summed E-state index contributed by atoms with van der Waals surface area (Å²) in [6.45, 7) is 2.46. The Morgan fingerprint density at radius 2 is 2.15 bits per heavy atom. The van der Waals surface area contributed by atoms with E-state index in [-0.39, 0.29) is 12.2 Å². The van der Waals surface area contributed by atoms with Gasteiger partial charge in [0.2, 0.25) is 0 Å². The van der Waals surface area contributed by atoms with Crippen molar-refractivity contribution in [2.75, 3.05) is 6.61 Å². The van der Waals surface area contributed by atoms with Gasteiger partial charge < -0.3 is 9.47 Å². The van der Waals surface area contributed by atoms with E-state index >= 15 is 0 Å². The monoisotopic (exact) mass is 294 g/mol. The fraction of sp³-hybridized carbons (Fsp3) is 0.467. The lowest BCUT2D eigenvalue weighted by Gasteiger charge is -2.18. The zero-order valence-electron chi connectivity index (χ0n) is 11.4. The van der Waals surface area contributed by atoms with E-state index in [4.69, 9.17) is 9.47 Å². The highest BCUT2D eigenvalue weighted by atomic mass is 32.2. The van der Waals surface area contributed by atoms with Gasteiger partial charge in [-0.05, 0) is 25.3 Å². The third kappa shape index (κ3) is 4.35. The standard InChI is InChI=1S/C15H18O4S/c1-11(13-8-5-9-18-13)19-14(16)15(17)20-10-12-6-3-2-4-7-12/h2-4,6-7,11,13H,5,8-10H2,1H3. The van der Waals surface area contributed by atoms with Crippen LogP contribution in [-0.2, 0) is 24.8 Å². The molecule has 0 saturated carbocycles. The van der Waals surface area contributed by atoms with Gasteiger partial charge in [-0.2, -0.15) is 0 Å². The van der Waals surface area contributed by atoms with Gasteiger partial charge in [0.05, 0.1) is 6.10 Å². The van der Waals surface area contributed by atoms with Crippen LogP contribution in [0.15, 0.2) is 30.3 Å². The van der Waals surface area contributed by atoms with E-state index in [2.05, 4.69) is 0 Å². The molecule has 1 aliphatic heterocycles. The topological polar surface area (TPSA) is 52.6 Å². The van der Waals surface area contributed by atoms with Crippen molar-refractivity contribution in [2.45, 2.75) is 37.7 Å². The van der Waals surface area contributed by atoms with Gasteiger partial charge in [0.15, 0.2) is 0 Å². The second-order valence-electron chi connectivity index (χ2n) is 4.72. The number of hydrogen-bond donors (Lipinski definition) is 0. The molecule has 0 bridgehead atoms. The molecule has 0 radical (unpaired) electrons. The second kappa shape index (κ2) is 7.45. The van der Waals surface area contributed by atoms with Gasteiger partial charge in [0, 0.05) is 12.4 Å². The van der Waals surface area contributed by atoms with Crippen LogP contribution in [0.4, 0.5) is 0 Å². The Morgan fingerprint density at radius 3 is 2.80 bits per heavy atom. The van der Waals surface area contributed by atoms with Crippen LogP contribution < -0.4 is 0 Å². The van der Waals surface area contributed by atoms with Crippen LogP contribution in [-0.4, -0.2) is 29.9 Å².